The highest BCUT2D eigenvalue weighted by Crippen LogP contribution is 2.15. The van der Waals surface area contributed by atoms with E-state index in [4.69, 9.17) is 4.55 Å². The summed E-state index contributed by atoms with van der Waals surface area (Å²) in [5.74, 6) is -0.132. The molecule has 0 spiro atoms. The number of nitrogens with zero attached hydrogens (tertiary/aromatic N) is 2. The predicted molar refractivity (Wildman–Crippen MR) is 74.2 cm³/mol. The molecule has 0 atom stereocenters. The second kappa shape index (κ2) is 7.60. The van der Waals surface area contributed by atoms with Crippen molar-refractivity contribution in [1.29, 1.82) is 0 Å². The van der Waals surface area contributed by atoms with Crippen LogP contribution in [-0.4, -0.2) is 28.7 Å². The van der Waals surface area contributed by atoms with Gasteiger partial charge in [-0.3, -0.25) is 14.5 Å². The van der Waals surface area contributed by atoms with E-state index in [1.165, 1.54) is 11.1 Å². The predicted octanol–water partition coefficient (Wildman–Crippen LogP) is 2.43. The molecule has 0 fully saturated rings. The van der Waals surface area contributed by atoms with E-state index in [0.29, 0.717) is 6.42 Å². The van der Waals surface area contributed by atoms with Crippen LogP contribution in [0.25, 0.3) is 11.1 Å². The summed E-state index contributed by atoms with van der Waals surface area (Å²) in [6.07, 6.45) is 7.62. The van der Waals surface area contributed by atoms with Crippen LogP contribution < -0.4 is 0 Å². The highest BCUT2D eigenvalue weighted by molar-refractivity contribution is 7.85. The lowest BCUT2D eigenvalue weighted by atomic mass is 10.1. The van der Waals surface area contributed by atoms with Gasteiger partial charge in [0, 0.05) is 24.8 Å². The molecule has 2 rings (SSSR count). The second-order valence-corrected chi connectivity index (χ2v) is 5.33. The van der Waals surface area contributed by atoms with Gasteiger partial charge in [0.15, 0.2) is 0 Å². The lowest BCUT2D eigenvalue weighted by Gasteiger charge is -1.97. The fourth-order valence-electron chi connectivity index (χ4n) is 1.35. The molecular weight excluding hydrogens is 264 g/mol. The van der Waals surface area contributed by atoms with Gasteiger partial charge >= 0.3 is 0 Å². The van der Waals surface area contributed by atoms with Crippen molar-refractivity contribution < 1.29 is 13.0 Å². The van der Waals surface area contributed by atoms with E-state index < -0.39 is 10.1 Å². The summed E-state index contributed by atoms with van der Waals surface area (Å²) in [6.45, 7) is 1.69. The molecular formula is C13H16N2O3S. The van der Waals surface area contributed by atoms with Crippen LogP contribution in [0.5, 0.6) is 0 Å². The van der Waals surface area contributed by atoms with Gasteiger partial charge in [-0.1, -0.05) is 6.92 Å². The van der Waals surface area contributed by atoms with Gasteiger partial charge in [-0.05, 0) is 41.8 Å². The Kier molecular flexibility index (Phi) is 6.11. The van der Waals surface area contributed by atoms with Crippen molar-refractivity contribution in [3.05, 3.63) is 49.1 Å². The van der Waals surface area contributed by atoms with E-state index >= 15 is 0 Å². The van der Waals surface area contributed by atoms with Gasteiger partial charge in [-0.2, -0.15) is 8.42 Å². The molecule has 19 heavy (non-hydrogen) atoms. The summed E-state index contributed by atoms with van der Waals surface area (Å²) < 4.78 is 27.6. The zero-order valence-electron chi connectivity index (χ0n) is 10.6. The molecule has 0 unspecified atom stereocenters. The first-order valence-electron chi connectivity index (χ1n) is 5.78. The van der Waals surface area contributed by atoms with Crippen molar-refractivity contribution in [3.63, 3.8) is 0 Å². The average molecular weight is 280 g/mol. The minimum atomic E-state index is -3.67. The van der Waals surface area contributed by atoms with Gasteiger partial charge in [-0.15, -0.1) is 0 Å². The SMILES string of the molecule is CCCS(=O)(=O)O.c1cc(-c2ccncc2)ccn1. The summed E-state index contributed by atoms with van der Waals surface area (Å²) >= 11 is 0. The summed E-state index contributed by atoms with van der Waals surface area (Å²) in [6, 6.07) is 7.93. The molecule has 6 heteroatoms. The van der Waals surface area contributed by atoms with E-state index in [0.717, 1.165) is 0 Å². The van der Waals surface area contributed by atoms with E-state index in [9.17, 15) is 8.42 Å². The van der Waals surface area contributed by atoms with Crippen LogP contribution in [0.1, 0.15) is 13.3 Å². The normalized spacial score (nSPS) is 10.4. The van der Waals surface area contributed by atoms with Crippen molar-refractivity contribution in [2.24, 2.45) is 0 Å². The average Bonchev–Trinajstić information content (AvgIpc) is 2.40. The molecule has 0 aromatic carbocycles. The van der Waals surface area contributed by atoms with Crippen molar-refractivity contribution in [2.45, 2.75) is 13.3 Å². The van der Waals surface area contributed by atoms with Gasteiger partial charge in [0.1, 0.15) is 0 Å². The molecule has 102 valence electrons. The van der Waals surface area contributed by atoms with Gasteiger partial charge in [-0.25, -0.2) is 0 Å². The Labute approximate surface area is 113 Å². The first kappa shape index (κ1) is 15.3. The largest absolute Gasteiger partial charge is 0.286 e. The van der Waals surface area contributed by atoms with Crippen molar-refractivity contribution in [2.75, 3.05) is 5.75 Å². The Morgan fingerprint density at radius 1 is 0.947 bits per heavy atom. The molecule has 0 radical (unpaired) electrons. The Balaban J connectivity index is 0.000000224. The summed E-state index contributed by atoms with van der Waals surface area (Å²) in [5, 5.41) is 0. The maximum atomic E-state index is 9.79. The monoisotopic (exact) mass is 280 g/mol. The third-order valence-electron chi connectivity index (χ3n) is 2.16. The lowest BCUT2D eigenvalue weighted by Crippen LogP contribution is -2.01. The van der Waals surface area contributed by atoms with Gasteiger partial charge in [0.2, 0.25) is 0 Å². The Bertz CT molecular complexity index is 534. The van der Waals surface area contributed by atoms with Gasteiger partial charge in [0.05, 0.1) is 5.75 Å². The molecule has 2 aromatic heterocycles. The van der Waals surface area contributed by atoms with Crippen LogP contribution in [0.4, 0.5) is 0 Å². The number of rotatable bonds is 3. The summed E-state index contributed by atoms with van der Waals surface area (Å²) in [4.78, 5) is 7.91. The highest BCUT2D eigenvalue weighted by Gasteiger charge is 1.98. The zero-order chi connectivity index (χ0) is 14.1. The zero-order valence-corrected chi connectivity index (χ0v) is 11.4. The maximum absolute atomic E-state index is 9.79. The number of pyridine rings is 2. The van der Waals surface area contributed by atoms with Crippen molar-refractivity contribution in [1.82, 2.24) is 9.97 Å². The first-order chi connectivity index (χ1) is 9.03. The minimum Gasteiger partial charge on any atom is -0.286 e. The van der Waals surface area contributed by atoms with Crippen LogP contribution in [0.2, 0.25) is 0 Å². The highest BCUT2D eigenvalue weighted by atomic mass is 32.2. The summed E-state index contributed by atoms with van der Waals surface area (Å²) in [5.41, 5.74) is 2.35. The maximum Gasteiger partial charge on any atom is 0.264 e. The van der Waals surface area contributed by atoms with E-state index in [-0.39, 0.29) is 5.75 Å². The fraction of sp³-hybridized carbons (Fsp3) is 0.231. The standard InChI is InChI=1S/C10H8N2.C3H8O3S/c1-5-11-6-2-9(1)10-3-7-12-8-4-10;1-2-3-7(4,5)6/h1-8H;2-3H2,1H3,(H,4,5,6). The lowest BCUT2D eigenvalue weighted by molar-refractivity contribution is 0.482. The molecule has 0 amide bonds. The van der Waals surface area contributed by atoms with Crippen LogP contribution in [0, 0.1) is 0 Å². The fourth-order valence-corrected chi connectivity index (χ4v) is 1.86. The second-order valence-electron chi connectivity index (χ2n) is 3.76. The molecule has 0 aliphatic heterocycles. The molecule has 2 heterocycles. The number of hydrogen-bond donors (Lipinski definition) is 1. The van der Waals surface area contributed by atoms with E-state index in [1.54, 1.807) is 31.7 Å². The van der Waals surface area contributed by atoms with Gasteiger partial charge in [0.25, 0.3) is 10.1 Å². The first-order valence-corrected chi connectivity index (χ1v) is 7.39. The van der Waals surface area contributed by atoms with Crippen molar-refractivity contribution in [3.8, 4) is 11.1 Å². The Hall–Kier alpha value is -1.79. The molecule has 5 nitrogen and oxygen atoms in total. The van der Waals surface area contributed by atoms with Crippen LogP contribution in [-0.2, 0) is 10.1 Å². The van der Waals surface area contributed by atoms with Crippen LogP contribution in [0.3, 0.4) is 0 Å². The van der Waals surface area contributed by atoms with Crippen molar-refractivity contribution >= 4 is 10.1 Å². The van der Waals surface area contributed by atoms with Gasteiger partial charge < -0.3 is 0 Å². The van der Waals surface area contributed by atoms with E-state index in [2.05, 4.69) is 9.97 Å². The Morgan fingerprint density at radius 3 is 1.53 bits per heavy atom. The number of aromatic nitrogens is 2. The van der Waals surface area contributed by atoms with E-state index in [1.807, 2.05) is 24.3 Å². The molecule has 1 N–H and O–H groups in total. The quantitative estimate of drug-likeness (QED) is 0.873. The Morgan fingerprint density at radius 2 is 1.32 bits per heavy atom. The smallest absolute Gasteiger partial charge is 0.264 e. The minimum absolute atomic E-state index is 0.132. The molecule has 0 saturated carbocycles. The molecule has 0 bridgehead atoms. The third-order valence-corrected chi connectivity index (χ3v) is 3.08. The molecule has 0 saturated heterocycles. The topological polar surface area (TPSA) is 80.2 Å². The van der Waals surface area contributed by atoms with Crippen LogP contribution in [0.15, 0.2) is 49.1 Å². The summed E-state index contributed by atoms with van der Waals surface area (Å²) in [7, 11) is -3.67. The molecule has 0 aliphatic carbocycles. The number of hydrogen-bond acceptors (Lipinski definition) is 4. The third kappa shape index (κ3) is 6.64. The molecule has 2 aromatic rings. The molecule has 0 aliphatic rings. The van der Waals surface area contributed by atoms with Crippen LogP contribution >= 0.6 is 0 Å².